The van der Waals surface area contributed by atoms with Gasteiger partial charge in [0.1, 0.15) is 10.5 Å². The van der Waals surface area contributed by atoms with Gasteiger partial charge in [-0.1, -0.05) is 19.9 Å². The fourth-order valence-electron chi connectivity index (χ4n) is 3.72. The number of hydrogen-bond donors (Lipinski definition) is 1. The number of nitrogens with zero attached hydrogens (tertiary/aromatic N) is 3. The zero-order valence-corrected chi connectivity index (χ0v) is 19.6. The molecule has 3 rings (SSSR count). The number of primary sulfonamides is 1. The third-order valence-electron chi connectivity index (χ3n) is 5.82. The monoisotopic (exact) mass is 458 g/mol. The van der Waals surface area contributed by atoms with Crippen LogP contribution in [0.3, 0.4) is 0 Å². The van der Waals surface area contributed by atoms with Crippen molar-refractivity contribution >= 4 is 21.6 Å². The first-order chi connectivity index (χ1) is 15.0. The van der Waals surface area contributed by atoms with Crippen LogP contribution in [0.1, 0.15) is 32.8 Å². The number of nitriles is 1. The number of ether oxygens (including phenoxy) is 1. The van der Waals surface area contributed by atoms with Gasteiger partial charge in [0.25, 0.3) is 5.91 Å². The summed E-state index contributed by atoms with van der Waals surface area (Å²) in [6, 6.07) is 9.47. The second kappa shape index (κ2) is 9.35. The summed E-state index contributed by atoms with van der Waals surface area (Å²) in [7, 11) is -3.91. The first-order valence-electron chi connectivity index (χ1n) is 10.7. The van der Waals surface area contributed by atoms with Gasteiger partial charge < -0.3 is 14.5 Å². The van der Waals surface area contributed by atoms with Gasteiger partial charge in [0, 0.05) is 38.3 Å². The van der Waals surface area contributed by atoms with Crippen molar-refractivity contribution in [1.29, 1.82) is 5.26 Å². The number of hydrogen-bond acceptors (Lipinski definition) is 6. The highest BCUT2D eigenvalue weighted by molar-refractivity contribution is 7.90. The molecule has 8 nitrogen and oxygen atoms in total. The van der Waals surface area contributed by atoms with Gasteiger partial charge in [-0.05, 0) is 43.2 Å². The van der Waals surface area contributed by atoms with Crippen LogP contribution in [-0.2, 0) is 19.6 Å². The summed E-state index contributed by atoms with van der Waals surface area (Å²) in [5.74, 6) is 0.455. The lowest BCUT2D eigenvalue weighted by atomic mass is 9.92. The Labute approximate surface area is 190 Å². The molecule has 1 amide bonds. The number of nitrogens with two attached hydrogens (primary N) is 1. The van der Waals surface area contributed by atoms with Gasteiger partial charge in [-0.15, -0.1) is 0 Å². The molecule has 1 unspecified atom stereocenters. The van der Waals surface area contributed by atoms with E-state index in [2.05, 4.69) is 11.0 Å². The third-order valence-corrected chi connectivity index (χ3v) is 7.40. The molecule has 172 valence electrons. The van der Waals surface area contributed by atoms with E-state index in [9.17, 15) is 13.2 Å². The summed E-state index contributed by atoms with van der Waals surface area (Å²) in [5.41, 5.74) is 1.95. The molecular weight excluding hydrogens is 428 g/mol. The first-order valence-corrected chi connectivity index (χ1v) is 12.2. The zero-order chi connectivity index (χ0) is 23.5. The van der Waals surface area contributed by atoms with Crippen LogP contribution >= 0.6 is 0 Å². The number of anilines is 1. The molecule has 9 heteroatoms. The molecule has 0 bridgehead atoms. The summed E-state index contributed by atoms with van der Waals surface area (Å²) >= 11 is 0. The minimum absolute atomic E-state index is 0.0234. The molecule has 1 saturated heterocycles. The summed E-state index contributed by atoms with van der Waals surface area (Å²) < 4.78 is 28.9. The van der Waals surface area contributed by atoms with E-state index in [0.29, 0.717) is 49.7 Å². The number of piperazine rings is 1. The van der Waals surface area contributed by atoms with Crippen molar-refractivity contribution in [3.8, 4) is 6.07 Å². The molecule has 2 aliphatic rings. The maximum atomic E-state index is 13.4. The minimum Gasteiger partial charge on any atom is -0.493 e. The molecule has 0 saturated carbocycles. The lowest BCUT2D eigenvalue weighted by Crippen LogP contribution is -2.50. The smallest absolute Gasteiger partial charge is 0.253 e. The van der Waals surface area contributed by atoms with E-state index in [0.717, 1.165) is 5.69 Å². The quantitative estimate of drug-likeness (QED) is 0.698. The maximum Gasteiger partial charge on any atom is 0.253 e. The van der Waals surface area contributed by atoms with E-state index in [1.165, 1.54) is 13.0 Å². The lowest BCUT2D eigenvalue weighted by Gasteiger charge is -2.38. The molecule has 1 aliphatic carbocycles. The molecule has 1 aromatic carbocycles. The van der Waals surface area contributed by atoms with Crippen molar-refractivity contribution in [3.05, 3.63) is 53.3 Å². The van der Waals surface area contributed by atoms with Crippen molar-refractivity contribution in [2.24, 2.45) is 11.1 Å². The SMILES string of the molecule is CC(C)COC1=C(C(=O)N2CCN(c3ccc(C#N)cc3)CC2)CC(C)(S(N)(=O)=O)C=C1. The number of carbonyl (C=O) groups is 1. The molecular formula is C23H30N4O4S. The standard InChI is InChI=1S/C23H30N4O4S/c1-17(2)16-31-21-8-9-23(3,32(25,29)30)14-20(21)22(28)27-12-10-26(11-13-27)19-6-4-18(15-24)5-7-19/h4-9,17H,10-14,16H2,1-3H3,(H2,25,29,30). The predicted molar refractivity (Wildman–Crippen MR) is 123 cm³/mol. The Hall–Kier alpha value is -2.83. The Morgan fingerprint density at radius 3 is 2.38 bits per heavy atom. The van der Waals surface area contributed by atoms with Gasteiger partial charge in [0.05, 0.1) is 23.8 Å². The third kappa shape index (κ3) is 5.14. The molecule has 1 heterocycles. The fraction of sp³-hybridized carbons (Fsp3) is 0.478. The molecule has 2 N–H and O–H groups in total. The second-order valence-corrected chi connectivity index (χ2v) is 10.9. The summed E-state index contributed by atoms with van der Waals surface area (Å²) in [4.78, 5) is 17.3. The van der Waals surface area contributed by atoms with Crippen molar-refractivity contribution in [2.45, 2.75) is 31.9 Å². The van der Waals surface area contributed by atoms with Gasteiger partial charge in [-0.25, -0.2) is 13.6 Å². The van der Waals surface area contributed by atoms with E-state index in [4.69, 9.17) is 15.1 Å². The van der Waals surface area contributed by atoms with Crippen LogP contribution in [-0.4, -0.2) is 56.8 Å². The van der Waals surface area contributed by atoms with E-state index in [1.54, 1.807) is 23.1 Å². The van der Waals surface area contributed by atoms with Crippen molar-refractivity contribution < 1.29 is 17.9 Å². The van der Waals surface area contributed by atoms with Gasteiger partial charge in [-0.3, -0.25) is 4.79 Å². The van der Waals surface area contributed by atoms with Crippen LogP contribution in [0.4, 0.5) is 5.69 Å². The summed E-state index contributed by atoms with van der Waals surface area (Å²) in [6.45, 7) is 8.22. The van der Waals surface area contributed by atoms with E-state index in [-0.39, 0.29) is 18.2 Å². The molecule has 1 aliphatic heterocycles. The lowest BCUT2D eigenvalue weighted by molar-refractivity contribution is -0.127. The molecule has 0 aromatic heterocycles. The highest BCUT2D eigenvalue weighted by Gasteiger charge is 2.41. The van der Waals surface area contributed by atoms with Crippen molar-refractivity contribution in [3.63, 3.8) is 0 Å². The average Bonchev–Trinajstić information content (AvgIpc) is 2.77. The largest absolute Gasteiger partial charge is 0.493 e. The van der Waals surface area contributed by atoms with Crippen LogP contribution in [0, 0.1) is 17.2 Å². The summed E-state index contributed by atoms with van der Waals surface area (Å²) in [6.07, 6.45) is 3.05. The van der Waals surface area contributed by atoms with Crippen molar-refractivity contribution in [1.82, 2.24) is 4.90 Å². The van der Waals surface area contributed by atoms with E-state index < -0.39 is 14.8 Å². The molecule has 1 fully saturated rings. The number of amides is 1. The number of rotatable bonds is 6. The average molecular weight is 459 g/mol. The molecule has 0 spiro atoms. The van der Waals surface area contributed by atoms with E-state index >= 15 is 0 Å². The van der Waals surface area contributed by atoms with Gasteiger partial charge in [-0.2, -0.15) is 5.26 Å². The number of carbonyl (C=O) groups excluding carboxylic acids is 1. The van der Waals surface area contributed by atoms with Crippen LogP contribution in [0.15, 0.2) is 47.7 Å². The Bertz CT molecular complexity index is 1060. The number of benzene rings is 1. The Balaban J connectivity index is 1.76. The fourth-order valence-corrected chi connectivity index (χ4v) is 4.33. The van der Waals surface area contributed by atoms with Crippen molar-refractivity contribution in [2.75, 3.05) is 37.7 Å². The molecule has 1 atom stereocenters. The minimum atomic E-state index is -3.91. The van der Waals surface area contributed by atoms with Crippen LogP contribution in [0.2, 0.25) is 0 Å². The topological polar surface area (TPSA) is 117 Å². The van der Waals surface area contributed by atoms with Gasteiger partial charge >= 0.3 is 0 Å². The zero-order valence-electron chi connectivity index (χ0n) is 18.7. The molecule has 0 radical (unpaired) electrons. The summed E-state index contributed by atoms with van der Waals surface area (Å²) in [5, 5.41) is 14.4. The highest BCUT2D eigenvalue weighted by Crippen LogP contribution is 2.34. The Kier molecular flexibility index (Phi) is 6.96. The predicted octanol–water partition coefficient (Wildman–Crippen LogP) is 2.14. The first kappa shape index (κ1) is 23.8. The van der Waals surface area contributed by atoms with Gasteiger partial charge in [0.2, 0.25) is 10.0 Å². The number of sulfonamides is 1. The Morgan fingerprint density at radius 1 is 1.22 bits per heavy atom. The van der Waals surface area contributed by atoms with Crippen LogP contribution in [0.5, 0.6) is 0 Å². The highest BCUT2D eigenvalue weighted by atomic mass is 32.2. The molecule has 32 heavy (non-hydrogen) atoms. The normalized spacial score (nSPS) is 21.6. The molecule has 1 aromatic rings. The number of allylic oxidation sites excluding steroid dienone is 1. The van der Waals surface area contributed by atoms with E-state index in [1.807, 2.05) is 26.0 Å². The Morgan fingerprint density at radius 2 is 1.84 bits per heavy atom. The van der Waals surface area contributed by atoms with Crippen LogP contribution in [0.25, 0.3) is 0 Å². The van der Waals surface area contributed by atoms with Crippen LogP contribution < -0.4 is 10.0 Å². The maximum absolute atomic E-state index is 13.4. The second-order valence-electron chi connectivity index (χ2n) is 8.85. The van der Waals surface area contributed by atoms with Gasteiger partial charge in [0.15, 0.2) is 0 Å².